The number of hydrogen-bond acceptors (Lipinski definition) is 7. The van der Waals surface area contributed by atoms with E-state index in [0.717, 1.165) is 17.5 Å². The molecule has 1 aliphatic carbocycles. The first-order valence-electron chi connectivity index (χ1n) is 11.5. The summed E-state index contributed by atoms with van der Waals surface area (Å²) in [5.74, 6) is 0.667. The number of rotatable bonds is 6. The minimum Gasteiger partial charge on any atom is -0.484 e. The van der Waals surface area contributed by atoms with Crippen LogP contribution in [0.2, 0.25) is 0 Å². The van der Waals surface area contributed by atoms with E-state index in [1.54, 1.807) is 17.0 Å². The van der Waals surface area contributed by atoms with Crippen molar-refractivity contribution < 1.29 is 28.3 Å². The lowest BCUT2D eigenvalue weighted by Gasteiger charge is -2.30. The number of methoxy groups -OCH3 is 1. The fourth-order valence-corrected chi connectivity index (χ4v) is 4.44. The number of nitrogens with one attached hydrogen (secondary N) is 1. The maximum absolute atomic E-state index is 13.2. The van der Waals surface area contributed by atoms with Crippen LogP contribution >= 0.6 is 0 Å². The Labute approximate surface area is 198 Å². The number of nitrogens with zero attached hydrogens (tertiary/aromatic N) is 2. The van der Waals surface area contributed by atoms with Crippen LogP contribution in [0, 0.1) is 12.8 Å². The summed E-state index contributed by atoms with van der Waals surface area (Å²) >= 11 is 0. The van der Waals surface area contributed by atoms with Crippen LogP contribution in [0.3, 0.4) is 0 Å². The Kier molecular flexibility index (Phi) is 7.30. The lowest BCUT2D eigenvalue weighted by molar-refractivity contribution is -0.146. The zero-order valence-corrected chi connectivity index (χ0v) is 19.5. The number of hydrogen-bond donors (Lipinski definition) is 1. The van der Waals surface area contributed by atoms with Crippen LogP contribution in [0.5, 0.6) is 5.75 Å². The van der Waals surface area contributed by atoms with Crippen LogP contribution in [0.15, 0.2) is 39.9 Å². The Morgan fingerprint density at radius 3 is 2.59 bits per heavy atom. The van der Waals surface area contributed by atoms with Crippen LogP contribution < -0.4 is 10.2 Å². The van der Waals surface area contributed by atoms with E-state index in [1.165, 1.54) is 7.11 Å². The fraction of sp³-hybridized carbons (Fsp3) is 0.440. The van der Waals surface area contributed by atoms with Crippen molar-refractivity contribution in [1.29, 1.82) is 0 Å². The predicted molar refractivity (Wildman–Crippen MR) is 124 cm³/mol. The second-order valence-electron chi connectivity index (χ2n) is 8.49. The van der Waals surface area contributed by atoms with Gasteiger partial charge in [0.25, 0.3) is 11.8 Å². The molecule has 1 aromatic carbocycles. The molecule has 0 spiro atoms. The molecule has 9 nitrogen and oxygen atoms in total. The van der Waals surface area contributed by atoms with Crippen LogP contribution in [-0.2, 0) is 20.7 Å². The first-order valence-corrected chi connectivity index (χ1v) is 11.5. The van der Waals surface area contributed by atoms with Crippen molar-refractivity contribution in [3.63, 3.8) is 0 Å². The summed E-state index contributed by atoms with van der Waals surface area (Å²) in [7, 11) is 1.38. The summed E-state index contributed by atoms with van der Waals surface area (Å²) in [5.41, 5.74) is 4.77. The van der Waals surface area contributed by atoms with Gasteiger partial charge in [-0.3, -0.25) is 14.4 Å². The van der Waals surface area contributed by atoms with Gasteiger partial charge in [-0.15, -0.1) is 0 Å². The zero-order chi connectivity index (χ0) is 24.1. The summed E-state index contributed by atoms with van der Waals surface area (Å²) in [5, 5.41) is 4.32. The average Bonchev–Trinajstić information content (AvgIpc) is 3.23. The quantitative estimate of drug-likeness (QED) is 0.517. The van der Waals surface area contributed by atoms with Crippen molar-refractivity contribution in [3.8, 4) is 5.75 Å². The Morgan fingerprint density at radius 1 is 1.15 bits per heavy atom. The normalized spacial score (nSPS) is 17.2. The van der Waals surface area contributed by atoms with Gasteiger partial charge in [-0.05, 0) is 44.7 Å². The highest BCUT2D eigenvalue weighted by Crippen LogP contribution is 2.31. The molecule has 1 aliphatic heterocycles. The third-order valence-corrected chi connectivity index (χ3v) is 6.27. The Hall–Kier alpha value is -3.62. The first kappa shape index (κ1) is 23.5. The minimum atomic E-state index is -0.366. The number of amides is 2. The molecule has 0 unspecified atom stereocenters. The summed E-state index contributed by atoms with van der Waals surface area (Å²) in [4.78, 5) is 38.9. The number of hydrazone groups is 1. The second-order valence-corrected chi connectivity index (χ2v) is 8.49. The average molecular weight is 468 g/mol. The summed E-state index contributed by atoms with van der Waals surface area (Å²) in [6.45, 7) is 2.64. The molecule has 4 rings (SSSR count). The molecule has 34 heavy (non-hydrogen) atoms. The van der Waals surface area contributed by atoms with E-state index in [-0.39, 0.29) is 30.3 Å². The van der Waals surface area contributed by atoms with Gasteiger partial charge < -0.3 is 18.8 Å². The number of carbonyl (C=O) groups is 3. The van der Waals surface area contributed by atoms with Gasteiger partial charge in [0.1, 0.15) is 11.5 Å². The van der Waals surface area contributed by atoms with Crippen LogP contribution in [-0.4, -0.2) is 55.2 Å². The Balaban J connectivity index is 1.42. The molecule has 180 valence electrons. The standard InChI is InChI=1S/C25H29N3O6/c1-16-22-19(26-27-21(29)15-33-18-7-4-3-5-8-18)9-6-10-20(22)34-23(16)24(30)28-13-11-17(12-14-28)25(31)32-2/h3-5,7-8,17H,6,9-15H2,1-2H3,(H,27,29)/b26-19+. The van der Waals surface area contributed by atoms with Gasteiger partial charge in [0.15, 0.2) is 12.4 Å². The smallest absolute Gasteiger partial charge is 0.308 e. The fourth-order valence-electron chi connectivity index (χ4n) is 4.44. The SMILES string of the molecule is COC(=O)C1CCN(C(=O)c2oc3c(c2C)/C(=N/NC(=O)COc2ccccc2)CCC3)CC1. The van der Waals surface area contributed by atoms with Crippen LogP contribution in [0.4, 0.5) is 0 Å². The van der Waals surface area contributed by atoms with Gasteiger partial charge in [-0.2, -0.15) is 5.10 Å². The number of aryl methyl sites for hydroxylation is 1. The highest BCUT2D eigenvalue weighted by atomic mass is 16.5. The van der Waals surface area contributed by atoms with Gasteiger partial charge in [0.05, 0.1) is 18.7 Å². The molecule has 9 heteroatoms. The molecule has 1 saturated heterocycles. The van der Waals surface area contributed by atoms with E-state index in [2.05, 4.69) is 10.5 Å². The molecule has 0 radical (unpaired) electrons. The molecular weight excluding hydrogens is 438 g/mol. The van der Waals surface area contributed by atoms with Gasteiger partial charge in [0, 0.05) is 30.6 Å². The van der Waals surface area contributed by atoms with Gasteiger partial charge in [-0.25, -0.2) is 5.43 Å². The predicted octanol–water partition coefficient (Wildman–Crippen LogP) is 2.85. The van der Waals surface area contributed by atoms with Gasteiger partial charge in [0.2, 0.25) is 0 Å². The summed E-state index contributed by atoms with van der Waals surface area (Å²) < 4.78 is 16.3. The Bertz CT molecular complexity index is 1080. The van der Waals surface area contributed by atoms with E-state index < -0.39 is 0 Å². The molecule has 0 saturated carbocycles. The number of fused-ring (bicyclic) bond motifs is 1. The number of piperidine rings is 1. The third-order valence-electron chi connectivity index (χ3n) is 6.27. The highest BCUT2D eigenvalue weighted by molar-refractivity contribution is 6.06. The molecule has 2 amide bonds. The number of likely N-dealkylation sites (tertiary alicyclic amines) is 1. The molecule has 2 aromatic rings. The van der Waals surface area contributed by atoms with E-state index in [9.17, 15) is 14.4 Å². The third kappa shape index (κ3) is 5.13. The van der Waals surface area contributed by atoms with Crippen LogP contribution in [0.25, 0.3) is 0 Å². The lowest BCUT2D eigenvalue weighted by Crippen LogP contribution is -2.40. The molecule has 0 bridgehead atoms. The summed E-state index contributed by atoms with van der Waals surface area (Å²) in [6.07, 6.45) is 3.33. The maximum Gasteiger partial charge on any atom is 0.308 e. The van der Waals surface area contributed by atoms with Crippen molar-refractivity contribution in [2.24, 2.45) is 11.0 Å². The van der Waals surface area contributed by atoms with Crippen molar-refractivity contribution in [3.05, 3.63) is 53.0 Å². The largest absolute Gasteiger partial charge is 0.484 e. The molecular formula is C25H29N3O6. The minimum absolute atomic E-state index is 0.150. The van der Waals surface area contributed by atoms with E-state index in [1.807, 2.05) is 25.1 Å². The van der Waals surface area contributed by atoms with Crippen molar-refractivity contribution in [1.82, 2.24) is 10.3 Å². The number of para-hydroxylation sites is 1. The molecule has 0 atom stereocenters. The maximum atomic E-state index is 13.2. The highest BCUT2D eigenvalue weighted by Gasteiger charge is 2.33. The van der Waals surface area contributed by atoms with Crippen molar-refractivity contribution >= 4 is 23.5 Å². The van der Waals surface area contributed by atoms with Gasteiger partial charge >= 0.3 is 5.97 Å². The van der Waals surface area contributed by atoms with E-state index >= 15 is 0 Å². The van der Waals surface area contributed by atoms with E-state index in [4.69, 9.17) is 13.9 Å². The Morgan fingerprint density at radius 2 is 1.88 bits per heavy atom. The molecule has 1 aromatic heterocycles. The molecule has 1 fully saturated rings. The monoisotopic (exact) mass is 467 g/mol. The number of benzene rings is 1. The van der Waals surface area contributed by atoms with Gasteiger partial charge in [-0.1, -0.05) is 18.2 Å². The summed E-state index contributed by atoms with van der Waals surface area (Å²) in [6, 6.07) is 9.09. The van der Waals surface area contributed by atoms with Crippen LogP contribution in [0.1, 0.15) is 53.1 Å². The number of furan rings is 1. The number of carbonyl (C=O) groups excluding carboxylic acids is 3. The number of esters is 1. The lowest BCUT2D eigenvalue weighted by atomic mass is 9.93. The van der Waals surface area contributed by atoms with Crippen molar-refractivity contribution in [2.45, 2.75) is 39.0 Å². The van der Waals surface area contributed by atoms with Crippen molar-refractivity contribution in [2.75, 3.05) is 26.8 Å². The number of ether oxygens (including phenoxy) is 2. The first-order chi connectivity index (χ1) is 16.5. The molecule has 2 aliphatic rings. The van der Waals surface area contributed by atoms with E-state index in [0.29, 0.717) is 61.8 Å². The molecule has 2 heterocycles. The topological polar surface area (TPSA) is 110 Å². The second kappa shape index (κ2) is 10.5. The zero-order valence-electron chi connectivity index (χ0n) is 19.5. The molecule has 1 N–H and O–H groups in total.